The third-order valence-electron chi connectivity index (χ3n) is 3.84. The Balaban J connectivity index is 1.51. The van der Waals surface area contributed by atoms with Crippen LogP contribution in [0.5, 0.6) is 11.5 Å². The molecule has 0 bridgehead atoms. The number of carbonyl (C=O) groups is 2. The molecular formula is C21H20N2O4S. The van der Waals surface area contributed by atoms with E-state index in [4.69, 9.17) is 9.47 Å². The van der Waals surface area contributed by atoms with Crippen LogP contribution in [0.4, 0.5) is 5.69 Å². The number of carbonyl (C=O) groups excluding carboxylic acids is 2. The van der Waals surface area contributed by atoms with Crippen molar-refractivity contribution in [3.05, 3.63) is 76.5 Å². The van der Waals surface area contributed by atoms with Crippen LogP contribution in [0.2, 0.25) is 0 Å². The molecule has 0 aliphatic rings. The van der Waals surface area contributed by atoms with Crippen LogP contribution in [-0.2, 0) is 0 Å². The molecule has 144 valence electrons. The van der Waals surface area contributed by atoms with Crippen molar-refractivity contribution in [1.29, 1.82) is 0 Å². The summed E-state index contributed by atoms with van der Waals surface area (Å²) in [6.45, 7) is 0.642. The Hall–Kier alpha value is -3.32. The molecule has 0 aliphatic heterocycles. The van der Waals surface area contributed by atoms with E-state index in [9.17, 15) is 9.59 Å². The van der Waals surface area contributed by atoms with Crippen molar-refractivity contribution in [2.45, 2.75) is 0 Å². The van der Waals surface area contributed by atoms with Crippen molar-refractivity contribution in [2.24, 2.45) is 0 Å². The largest absolute Gasteiger partial charge is 0.493 e. The molecule has 0 spiro atoms. The normalized spacial score (nSPS) is 10.2. The SMILES string of the molecule is COc1ccccc1OCCNC(=O)c1cccc(NC(=O)c2cccs2)c1. The van der Waals surface area contributed by atoms with Gasteiger partial charge in [-0.05, 0) is 41.8 Å². The number of benzene rings is 2. The van der Waals surface area contributed by atoms with Crippen molar-refractivity contribution in [3.63, 3.8) is 0 Å². The van der Waals surface area contributed by atoms with E-state index in [1.54, 1.807) is 43.5 Å². The van der Waals surface area contributed by atoms with Crippen LogP contribution in [0.1, 0.15) is 20.0 Å². The van der Waals surface area contributed by atoms with Crippen LogP contribution in [0.3, 0.4) is 0 Å². The second-order valence-electron chi connectivity index (χ2n) is 5.77. The van der Waals surface area contributed by atoms with Crippen molar-refractivity contribution in [1.82, 2.24) is 5.32 Å². The van der Waals surface area contributed by atoms with Crippen LogP contribution in [0.25, 0.3) is 0 Å². The fraction of sp³-hybridized carbons (Fsp3) is 0.143. The number of para-hydroxylation sites is 2. The van der Waals surface area contributed by atoms with Gasteiger partial charge in [-0.3, -0.25) is 9.59 Å². The van der Waals surface area contributed by atoms with Gasteiger partial charge in [-0.1, -0.05) is 24.3 Å². The minimum absolute atomic E-state index is 0.197. The van der Waals surface area contributed by atoms with Gasteiger partial charge < -0.3 is 20.1 Å². The van der Waals surface area contributed by atoms with Crippen molar-refractivity contribution >= 4 is 28.8 Å². The van der Waals surface area contributed by atoms with Crippen molar-refractivity contribution in [3.8, 4) is 11.5 Å². The monoisotopic (exact) mass is 396 g/mol. The highest BCUT2D eigenvalue weighted by atomic mass is 32.1. The minimum atomic E-state index is -0.240. The molecule has 3 rings (SSSR count). The predicted molar refractivity (Wildman–Crippen MR) is 110 cm³/mol. The smallest absolute Gasteiger partial charge is 0.265 e. The summed E-state index contributed by atoms with van der Waals surface area (Å²) in [5.74, 6) is 0.828. The number of anilines is 1. The lowest BCUT2D eigenvalue weighted by molar-refractivity contribution is 0.0945. The summed E-state index contributed by atoms with van der Waals surface area (Å²) in [6.07, 6.45) is 0. The highest BCUT2D eigenvalue weighted by molar-refractivity contribution is 7.12. The third kappa shape index (κ3) is 5.11. The maximum atomic E-state index is 12.3. The van der Waals surface area contributed by atoms with Crippen LogP contribution in [-0.4, -0.2) is 32.1 Å². The zero-order chi connectivity index (χ0) is 19.8. The first-order valence-corrected chi connectivity index (χ1v) is 9.54. The Morgan fingerprint density at radius 1 is 0.964 bits per heavy atom. The van der Waals surface area contributed by atoms with Crippen LogP contribution < -0.4 is 20.1 Å². The summed E-state index contributed by atoms with van der Waals surface area (Å²) < 4.78 is 10.9. The first-order valence-electron chi connectivity index (χ1n) is 8.66. The fourth-order valence-corrected chi connectivity index (χ4v) is 3.12. The summed E-state index contributed by atoms with van der Waals surface area (Å²) in [4.78, 5) is 25.1. The van der Waals surface area contributed by atoms with Gasteiger partial charge in [-0.2, -0.15) is 0 Å². The van der Waals surface area contributed by atoms with Crippen LogP contribution in [0, 0.1) is 0 Å². The summed E-state index contributed by atoms with van der Waals surface area (Å²) in [5.41, 5.74) is 1.03. The highest BCUT2D eigenvalue weighted by Crippen LogP contribution is 2.25. The number of nitrogens with one attached hydrogen (secondary N) is 2. The number of ether oxygens (including phenoxy) is 2. The van der Waals surface area contributed by atoms with E-state index in [1.165, 1.54) is 11.3 Å². The molecule has 7 heteroatoms. The zero-order valence-corrected chi connectivity index (χ0v) is 16.1. The van der Waals surface area contributed by atoms with Gasteiger partial charge >= 0.3 is 0 Å². The maximum absolute atomic E-state index is 12.3. The van der Waals surface area contributed by atoms with E-state index >= 15 is 0 Å². The second-order valence-corrected chi connectivity index (χ2v) is 6.72. The molecule has 2 amide bonds. The average Bonchev–Trinajstić information content (AvgIpc) is 3.26. The Labute approximate surface area is 167 Å². The number of methoxy groups -OCH3 is 1. The van der Waals surface area contributed by atoms with Gasteiger partial charge in [0.25, 0.3) is 11.8 Å². The lowest BCUT2D eigenvalue weighted by Gasteiger charge is -2.11. The first-order chi connectivity index (χ1) is 13.7. The van der Waals surface area contributed by atoms with Gasteiger partial charge in [0.05, 0.1) is 18.5 Å². The van der Waals surface area contributed by atoms with Gasteiger partial charge in [-0.25, -0.2) is 0 Å². The molecule has 1 heterocycles. The van der Waals surface area contributed by atoms with Gasteiger partial charge in [-0.15, -0.1) is 11.3 Å². The first kappa shape index (κ1) is 19.4. The molecule has 2 aromatic carbocycles. The molecule has 0 saturated carbocycles. The third-order valence-corrected chi connectivity index (χ3v) is 4.71. The average molecular weight is 396 g/mol. The summed E-state index contributed by atoms with van der Waals surface area (Å²) in [6, 6.07) is 17.7. The van der Waals surface area contributed by atoms with Crippen LogP contribution in [0.15, 0.2) is 66.0 Å². The molecule has 1 aromatic heterocycles. The maximum Gasteiger partial charge on any atom is 0.265 e. The molecule has 0 atom stereocenters. The highest BCUT2D eigenvalue weighted by Gasteiger charge is 2.10. The quantitative estimate of drug-likeness (QED) is 0.568. The molecule has 6 nitrogen and oxygen atoms in total. The van der Waals surface area contributed by atoms with E-state index in [0.29, 0.717) is 40.8 Å². The standard InChI is InChI=1S/C21H20N2O4S/c1-26-17-8-2-3-9-18(17)27-12-11-22-20(24)15-6-4-7-16(14-15)23-21(25)19-10-5-13-28-19/h2-10,13-14H,11-12H2,1H3,(H,22,24)(H,23,25). The van der Waals surface area contributed by atoms with E-state index < -0.39 is 0 Å². The molecule has 2 N–H and O–H groups in total. The summed E-state index contributed by atoms with van der Waals surface area (Å²) in [7, 11) is 1.58. The lowest BCUT2D eigenvalue weighted by atomic mass is 10.2. The van der Waals surface area contributed by atoms with Gasteiger partial charge in [0.1, 0.15) is 6.61 Å². The topological polar surface area (TPSA) is 76.7 Å². The van der Waals surface area contributed by atoms with Crippen LogP contribution >= 0.6 is 11.3 Å². The number of thiophene rings is 1. The number of hydrogen-bond acceptors (Lipinski definition) is 5. The number of rotatable bonds is 8. The minimum Gasteiger partial charge on any atom is -0.493 e. The molecule has 0 fully saturated rings. The second kappa shape index (κ2) is 9.57. The van der Waals surface area contributed by atoms with Gasteiger partial charge in [0.2, 0.25) is 0 Å². The molecule has 3 aromatic rings. The fourth-order valence-electron chi connectivity index (χ4n) is 2.50. The van der Waals surface area contributed by atoms with E-state index in [2.05, 4.69) is 10.6 Å². The molecule has 0 unspecified atom stereocenters. The number of hydrogen-bond donors (Lipinski definition) is 2. The Morgan fingerprint density at radius 2 is 1.79 bits per heavy atom. The summed E-state index contributed by atoms with van der Waals surface area (Å²) in [5, 5.41) is 7.43. The molecule has 0 aliphatic carbocycles. The Bertz CT molecular complexity index is 941. The van der Waals surface area contributed by atoms with E-state index in [1.807, 2.05) is 29.6 Å². The van der Waals surface area contributed by atoms with Gasteiger partial charge in [0, 0.05) is 11.3 Å². The Morgan fingerprint density at radius 3 is 2.54 bits per heavy atom. The van der Waals surface area contributed by atoms with Crippen molar-refractivity contribution in [2.75, 3.05) is 25.6 Å². The van der Waals surface area contributed by atoms with Gasteiger partial charge in [0.15, 0.2) is 11.5 Å². The van der Waals surface area contributed by atoms with E-state index in [0.717, 1.165) is 0 Å². The predicted octanol–water partition coefficient (Wildman–Crippen LogP) is 3.82. The lowest BCUT2D eigenvalue weighted by Crippen LogP contribution is -2.28. The van der Waals surface area contributed by atoms with Crippen molar-refractivity contribution < 1.29 is 19.1 Å². The number of amides is 2. The molecule has 0 radical (unpaired) electrons. The van der Waals surface area contributed by atoms with E-state index in [-0.39, 0.29) is 11.8 Å². The molecular weight excluding hydrogens is 376 g/mol. The Kier molecular flexibility index (Phi) is 6.64. The summed E-state index contributed by atoms with van der Waals surface area (Å²) >= 11 is 1.36. The molecule has 28 heavy (non-hydrogen) atoms. The zero-order valence-electron chi connectivity index (χ0n) is 15.3. The molecule has 0 saturated heterocycles.